The minimum absolute atomic E-state index is 0.852. The van der Waals surface area contributed by atoms with E-state index in [1.54, 1.807) is 0 Å². The number of benzene rings is 8. The summed E-state index contributed by atoms with van der Waals surface area (Å²) in [4.78, 5) is 15.0. The van der Waals surface area contributed by atoms with Gasteiger partial charge in [0.2, 0.25) is 0 Å². The van der Waals surface area contributed by atoms with Crippen molar-refractivity contribution in [3.63, 3.8) is 0 Å². The van der Waals surface area contributed by atoms with Gasteiger partial charge in [-0.25, -0.2) is 0 Å². The van der Waals surface area contributed by atoms with Crippen molar-refractivity contribution in [1.29, 1.82) is 0 Å². The summed E-state index contributed by atoms with van der Waals surface area (Å²) < 4.78 is 6.36. The van der Waals surface area contributed by atoms with Crippen LogP contribution in [-0.2, 0) is 25.7 Å². The van der Waals surface area contributed by atoms with E-state index in [4.69, 9.17) is 19.4 Å². The van der Waals surface area contributed by atoms with Crippen LogP contribution in [0, 0.1) is 0 Å². The van der Waals surface area contributed by atoms with E-state index in [0.29, 0.717) is 0 Å². The van der Waals surface area contributed by atoms with E-state index in [1.807, 2.05) is 42.7 Å². The third-order valence-electron chi connectivity index (χ3n) is 13.7. The summed E-state index contributed by atoms with van der Waals surface area (Å²) in [5.41, 5.74) is 22.1. The second kappa shape index (κ2) is 19.6. The molecule has 71 heavy (non-hydrogen) atoms. The second-order valence-corrected chi connectivity index (χ2v) is 18.3. The molecule has 0 aliphatic rings. The van der Waals surface area contributed by atoms with Crippen molar-refractivity contribution in [3.8, 4) is 78.3 Å². The standard InChI is InChI=1S/C67H49N3O/c1-4-15-50(16-5-1)51-33-35-52(36-34-51)60-42-64(58-24-14-26-66-67(58)59-23-12-13-25-65(59)71-66)70-45-61(60)57-22-11-10-21-56(57)55-40-48(29-27-46-31-37-62(68-43-46)53-17-6-2-7-18-53)39-49(41-55)30-28-47-32-38-63(69-44-47)54-19-8-3-9-20-54/h1-26,31-45H,27-30H2. The lowest BCUT2D eigenvalue weighted by atomic mass is 9.87. The van der Waals surface area contributed by atoms with Gasteiger partial charge >= 0.3 is 0 Å². The van der Waals surface area contributed by atoms with Crippen LogP contribution in [0.25, 0.3) is 100 Å². The molecule has 0 aliphatic carbocycles. The molecule has 4 heterocycles. The van der Waals surface area contributed by atoms with Crippen molar-refractivity contribution < 1.29 is 4.42 Å². The molecule has 0 aliphatic heterocycles. The van der Waals surface area contributed by atoms with Gasteiger partial charge in [-0.05, 0) is 117 Å². The molecular weight excluding hydrogens is 863 g/mol. The number of aryl methyl sites for hydroxylation is 4. The lowest BCUT2D eigenvalue weighted by molar-refractivity contribution is 0.669. The number of rotatable bonds is 13. The molecule has 338 valence electrons. The first kappa shape index (κ1) is 43.3. The number of furan rings is 1. The van der Waals surface area contributed by atoms with Crippen molar-refractivity contribution in [2.45, 2.75) is 25.7 Å². The molecule has 0 N–H and O–H groups in total. The van der Waals surface area contributed by atoms with Crippen LogP contribution < -0.4 is 0 Å². The lowest BCUT2D eigenvalue weighted by Crippen LogP contribution is -1.99. The third kappa shape index (κ3) is 9.19. The molecule has 4 aromatic heterocycles. The van der Waals surface area contributed by atoms with E-state index in [2.05, 4.69) is 206 Å². The summed E-state index contributed by atoms with van der Waals surface area (Å²) >= 11 is 0. The number of aromatic nitrogens is 3. The van der Waals surface area contributed by atoms with Crippen LogP contribution in [-0.4, -0.2) is 15.0 Å². The molecule has 0 unspecified atom stereocenters. The Morgan fingerprint density at radius 2 is 0.761 bits per heavy atom. The molecule has 4 heteroatoms. The monoisotopic (exact) mass is 911 g/mol. The maximum Gasteiger partial charge on any atom is 0.136 e. The summed E-state index contributed by atoms with van der Waals surface area (Å²) in [7, 11) is 0. The largest absolute Gasteiger partial charge is 0.456 e. The first-order valence-corrected chi connectivity index (χ1v) is 24.5. The van der Waals surface area contributed by atoms with E-state index in [9.17, 15) is 0 Å². The molecule has 0 saturated carbocycles. The van der Waals surface area contributed by atoms with Crippen LogP contribution >= 0.6 is 0 Å². The van der Waals surface area contributed by atoms with Gasteiger partial charge in [-0.2, -0.15) is 0 Å². The van der Waals surface area contributed by atoms with Gasteiger partial charge in [-0.1, -0.05) is 200 Å². The molecule has 12 rings (SSSR count). The van der Waals surface area contributed by atoms with Crippen molar-refractivity contribution in [2.24, 2.45) is 0 Å². The van der Waals surface area contributed by atoms with E-state index in [0.717, 1.165) is 109 Å². The highest BCUT2D eigenvalue weighted by Crippen LogP contribution is 2.43. The van der Waals surface area contributed by atoms with Crippen molar-refractivity contribution in [1.82, 2.24) is 15.0 Å². The number of nitrogens with zero attached hydrogens (tertiary/aromatic N) is 3. The van der Waals surface area contributed by atoms with Crippen LogP contribution in [0.1, 0.15) is 22.3 Å². The number of para-hydroxylation sites is 1. The molecule has 8 aromatic carbocycles. The Labute approximate surface area is 414 Å². The summed E-state index contributed by atoms with van der Waals surface area (Å²) in [5.74, 6) is 0. The molecule has 4 nitrogen and oxygen atoms in total. The fraction of sp³-hybridized carbons (Fsp3) is 0.0597. The van der Waals surface area contributed by atoms with Crippen LogP contribution in [0.3, 0.4) is 0 Å². The van der Waals surface area contributed by atoms with Gasteiger partial charge in [-0.15, -0.1) is 0 Å². The summed E-state index contributed by atoms with van der Waals surface area (Å²) in [6.07, 6.45) is 9.68. The Bertz CT molecular complexity index is 3670. The van der Waals surface area contributed by atoms with Gasteiger partial charge in [0, 0.05) is 51.6 Å². The minimum Gasteiger partial charge on any atom is -0.456 e. The van der Waals surface area contributed by atoms with Crippen molar-refractivity contribution in [3.05, 3.63) is 271 Å². The summed E-state index contributed by atoms with van der Waals surface area (Å²) in [6.45, 7) is 0. The number of hydrogen-bond donors (Lipinski definition) is 0. The molecule has 0 spiro atoms. The first-order chi connectivity index (χ1) is 35.2. The quantitative estimate of drug-likeness (QED) is 0.116. The fourth-order valence-corrected chi connectivity index (χ4v) is 9.97. The lowest BCUT2D eigenvalue weighted by Gasteiger charge is -2.18. The van der Waals surface area contributed by atoms with Crippen LogP contribution in [0.5, 0.6) is 0 Å². The second-order valence-electron chi connectivity index (χ2n) is 18.3. The van der Waals surface area contributed by atoms with Gasteiger partial charge in [-0.3, -0.25) is 15.0 Å². The van der Waals surface area contributed by atoms with Crippen molar-refractivity contribution >= 4 is 21.9 Å². The van der Waals surface area contributed by atoms with Crippen molar-refractivity contribution in [2.75, 3.05) is 0 Å². The van der Waals surface area contributed by atoms with Crippen LogP contribution in [0.2, 0.25) is 0 Å². The fourth-order valence-electron chi connectivity index (χ4n) is 9.97. The van der Waals surface area contributed by atoms with E-state index >= 15 is 0 Å². The predicted molar refractivity (Wildman–Crippen MR) is 293 cm³/mol. The summed E-state index contributed by atoms with van der Waals surface area (Å²) in [6, 6.07) is 81.9. The maximum absolute atomic E-state index is 6.36. The zero-order valence-corrected chi connectivity index (χ0v) is 39.2. The highest BCUT2D eigenvalue weighted by molar-refractivity contribution is 6.12. The molecule has 0 atom stereocenters. The molecular formula is C67H49N3O. The number of hydrogen-bond acceptors (Lipinski definition) is 4. The molecule has 0 saturated heterocycles. The Kier molecular flexibility index (Phi) is 11.9. The van der Waals surface area contributed by atoms with E-state index in [1.165, 1.54) is 38.9 Å². The number of pyridine rings is 3. The zero-order valence-electron chi connectivity index (χ0n) is 39.2. The van der Waals surface area contributed by atoms with E-state index < -0.39 is 0 Å². The maximum atomic E-state index is 6.36. The van der Waals surface area contributed by atoms with Crippen LogP contribution in [0.15, 0.2) is 254 Å². The molecule has 0 bridgehead atoms. The van der Waals surface area contributed by atoms with E-state index in [-0.39, 0.29) is 0 Å². The summed E-state index contributed by atoms with van der Waals surface area (Å²) in [5, 5.41) is 2.16. The SMILES string of the molecule is c1ccc(-c2ccc(-c3cc(-c4cccc5oc6ccccc6c45)ncc3-c3ccccc3-c3cc(CCc4ccc(-c5ccccc5)nc4)cc(CCc4ccc(-c5ccccc5)nc4)c3)cc2)cc1. The molecule has 0 amide bonds. The molecule has 12 aromatic rings. The Balaban J connectivity index is 0.939. The predicted octanol–water partition coefficient (Wildman–Crippen LogP) is 17.0. The highest BCUT2D eigenvalue weighted by atomic mass is 16.3. The molecule has 0 fully saturated rings. The zero-order chi connectivity index (χ0) is 47.3. The Morgan fingerprint density at radius 3 is 1.38 bits per heavy atom. The Hall–Kier alpha value is -8.99. The van der Waals surface area contributed by atoms with Gasteiger partial charge < -0.3 is 4.42 Å². The van der Waals surface area contributed by atoms with Gasteiger partial charge in [0.05, 0.1) is 17.1 Å². The average Bonchev–Trinajstić information content (AvgIpc) is 3.84. The Morgan fingerprint density at radius 1 is 0.268 bits per heavy atom. The number of fused-ring (bicyclic) bond motifs is 3. The third-order valence-corrected chi connectivity index (χ3v) is 13.7. The van der Waals surface area contributed by atoms with Gasteiger partial charge in [0.15, 0.2) is 0 Å². The van der Waals surface area contributed by atoms with Gasteiger partial charge in [0.25, 0.3) is 0 Å². The highest BCUT2D eigenvalue weighted by Gasteiger charge is 2.19. The van der Waals surface area contributed by atoms with Crippen LogP contribution in [0.4, 0.5) is 0 Å². The minimum atomic E-state index is 0.852. The topological polar surface area (TPSA) is 51.8 Å². The molecule has 0 radical (unpaired) electrons. The first-order valence-electron chi connectivity index (χ1n) is 24.5. The normalized spacial score (nSPS) is 11.3. The van der Waals surface area contributed by atoms with Gasteiger partial charge in [0.1, 0.15) is 11.2 Å². The smallest absolute Gasteiger partial charge is 0.136 e. The average molecular weight is 912 g/mol.